The van der Waals surface area contributed by atoms with Gasteiger partial charge in [-0.1, -0.05) is 0 Å². The van der Waals surface area contributed by atoms with Crippen LogP contribution in [0.2, 0.25) is 0 Å². The average molecular weight is 404 g/mol. The lowest BCUT2D eigenvalue weighted by Gasteiger charge is -2.36. The van der Waals surface area contributed by atoms with E-state index in [2.05, 4.69) is 9.97 Å². The number of amides is 1. The third-order valence-corrected chi connectivity index (χ3v) is 4.83. The number of fused-ring (bicyclic) bond motifs is 1. The van der Waals surface area contributed by atoms with Gasteiger partial charge in [0.05, 0.1) is 22.6 Å². The molecule has 1 aromatic heterocycles. The van der Waals surface area contributed by atoms with Crippen LogP contribution in [0.4, 0.5) is 10.5 Å². The molecular weight excluding hydrogens is 376 g/mol. The largest absolute Gasteiger partial charge is 0.465 e. The highest BCUT2D eigenvalue weighted by molar-refractivity contribution is 5.78. The van der Waals surface area contributed by atoms with Crippen molar-refractivity contribution in [3.63, 3.8) is 0 Å². The minimum Gasteiger partial charge on any atom is -0.465 e. The lowest BCUT2D eigenvalue weighted by molar-refractivity contribution is -0.384. The molecule has 0 spiro atoms. The van der Waals surface area contributed by atoms with Gasteiger partial charge in [0, 0.05) is 24.7 Å². The number of aromatic nitrogens is 2. The Labute approximate surface area is 169 Å². The van der Waals surface area contributed by atoms with Gasteiger partial charge >= 0.3 is 6.09 Å². The molecule has 1 aliphatic rings. The number of nitrogens with zero attached hydrogens (tertiary/aromatic N) is 3. The number of ether oxygens (including phenoxy) is 2. The van der Waals surface area contributed by atoms with Crippen LogP contribution in [0.1, 0.15) is 52.9 Å². The molecule has 9 heteroatoms. The predicted molar refractivity (Wildman–Crippen MR) is 108 cm³/mol. The Morgan fingerprint density at radius 1 is 1.38 bits per heavy atom. The fourth-order valence-corrected chi connectivity index (χ4v) is 3.51. The summed E-state index contributed by atoms with van der Waals surface area (Å²) in [5.41, 5.74) is 0.692. The van der Waals surface area contributed by atoms with E-state index < -0.39 is 10.5 Å². The molecule has 2 aromatic rings. The molecule has 0 saturated carbocycles. The van der Waals surface area contributed by atoms with Crippen LogP contribution in [0.25, 0.3) is 11.0 Å². The zero-order valence-corrected chi connectivity index (χ0v) is 17.1. The number of H-pyrrole nitrogens is 1. The van der Waals surface area contributed by atoms with E-state index in [1.54, 1.807) is 6.07 Å². The Morgan fingerprint density at radius 3 is 2.90 bits per heavy atom. The molecule has 2 heterocycles. The summed E-state index contributed by atoms with van der Waals surface area (Å²) >= 11 is 0. The Morgan fingerprint density at radius 2 is 2.17 bits per heavy atom. The number of non-ortho nitro benzene ring substituents is 1. The molecule has 3 rings (SSSR count). The third kappa shape index (κ3) is 5.58. The molecule has 0 bridgehead atoms. The van der Waals surface area contributed by atoms with Crippen LogP contribution >= 0.6 is 0 Å². The Balaban J connectivity index is 1.51. The van der Waals surface area contributed by atoms with Crippen molar-refractivity contribution in [3.8, 4) is 6.01 Å². The van der Waals surface area contributed by atoms with E-state index in [4.69, 9.17) is 9.47 Å². The van der Waals surface area contributed by atoms with Crippen molar-refractivity contribution >= 4 is 22.8 Å². The van der Waals surface area contributed by atoms with Crippen molar-refractivity contribution in [2.45, 2.75) is 64.5 Å². The number of benzene rings is 1. The molecule has 1 atom stereocenters. The summed E-state index contributed by atoms with van der Waals surface area (Å²) in [7, 11) is 0. The fourth-order valence-electron chi connectivity index (χ4n) is 3.51. The van der Waals surface area contributed by atoms with Gasteiger partial charge < -0.3 is 19.4 Å². The van der Waals surface area contributed by atoms with E-state index in [0.29, 0.717) is 23.7 Å². The van der Waals surface area contributed by atoms with Gasteiger partial charge in [-0.3, -0.25) is 10.1 Å². The van der Waals surface area contributed by atoms with Crippen LogP contribution < -0.4 is 4.74 Å². The standard InChI is InChI=1S/C20H28N4O5/c1-20(2,3)29-19(25)23-11-5-4-7-14(23)8-6-12-28-18-21-16-10-9-15(24(26)27)13-17(16)22-18/h9-10,13-14H,4-8,11-12H2,1-3H3,(H,21,22)/t14-/m1/s1. The summed E-state index contributed by atoms with van der Waals surface area (Å²) in [6.07, 6.45) is 4.41. The van der Waals surface area contributed by atoms with Gasteiger partial charge in [0.2, 0.25) is 0 Å². The van der Waals surface area contributed by atoms with E-state index in [0.717, 1.165) is 38.6 Å². The van der Waals surface area contributed by atoms with Gasteiger partial charge in [-0.25, -0.2) is 4.79 Å². The molecule has 9 nitrogen and oxygen atoms in total. The highest BCUT2D eigenvalue weighted by Crippen LogP contribution is 2.24. The number of nitrogens with one attached hydrogen (secondary N) is 1. The van der Waals surface area contributed by atoms with Gasteiger partial charge in [-0.05, 0) is 58.9 Å². The SMILES string of the molecule is CC(C)(C)OC(=O)N1CCCC[C@@H]1CCCOc1nc2ccc([N+](=O)[O-])cc2[nH]1. The summed E-state index contributed by atoms with van der Waals surface area (Å²) in [6.45, 7) is 6.79. The van der Waals surface area contributed by atoms with E-state index in [1.807, 2.05) is 25.7 Å². The Hall–Kier alpha value is -2.84. The number of imidazole rings is 1. The number of carbonyl (C=O) groups is 1. The Kier molecular flexibility index (Phi) is 6.24. The van der Waals surface area contributed by atoms with E-state index in [9.17, 15) is 14.9 Å². The number of rotatable bonds is 6. The molecule has 0 radical (unpaired) electrons. The second-order valence-electron chi connectivity index (χ2n) is 8.31. The lowest BCUT2D eigenvalue weighted by atomic mass is 9.98. The second kappa shape index (κ2) is 8.67. The number of nitro benzene ring substituents is 1. The van der Waals surface area contributed by atoms with Crippen molar-refractivity contribution in [2.75, 3.05) is 13.2 Å². The second-order valence-corrected chi connectivity index (χ2v) is 8.31. The van der Waals surface area contributed by atoms with Gasteiger partial charge in [0.25, 0.3) is 11.7 Å². The maximum atomic E-state index is 12.5. The molecule has 1 fully saturated rings. The van der Waals surface area contributed by atoms with Crippen LogP contribution in [0.3, 0.4) is 0 Å². The number of carbonyl (C=O) groups excluding carboxylic acids is 1. The average Bonchev–Trinajstić information content (AvgIpc) is 3.06. The summed E-state index contributed by atoms with van der Waals surface area (Å²) in [6, 6.07) is 4.95. The molecule has 0 aliphatic carbocycles. The molecule has 1 saturated heterocycles. The predicted octanol–water partition coefficient (Wildman–Crippen LogP) is 4.42. The molecule has 0 unspecified atom stereocenters. The van der Waals surface area contributed by atoms with Crippen molar-refractivity contribution in [1.82, 2.24) is 14.9 Å². The van der Waals surface area contributed by atoms with Gasteiger partial charge in [0.1, 0.15) is 5.60 Å². The maximum Gasteiger partial charge on any atom is 0.410 e. The van der Waals surface area contributed by atoms with Gasteiger partial charge in [-0.2, -0.15) is 4.98 Å². The van der Waals surface area contributed by atoms with Crippen LogP contribution in [0.15, 0.2) is 18.2 Å². The molecule has 1 aromatic carbocycles. The zero-order valence-electron chi connectivity index (χ0n) is 17.1. The van der Waals surface area contributed by atoms with E-state index in [1.165, 1.54) is 12.1 Å². The fraction of sp³-hybridized carbons (Fsp3) is 0.600. The molecule has 1 N–H and O–H groups in total. The highest BCUT2D eigenvalue weighted by atomic mass is 16.6. The van der Waals surface area contributed by atoms with Crippen LogP contribution in [0, 0.1) is 10.1 Å². The minimum absolute atomic E-state index is 0.00670. The number of hydrogen-bond acceptors (Lipinski definition) is 6. The quantitative estimate of drug-likeness (QED) is 0.433. The van der Waals surface area contributed by atoms with E-state index >= 15 is 0 Å². The maximum absolute atomic E-state index is 12.5. The number of piperidine rings is 1. The normalized spacial score (nSPS) is 17.3. The molecule has 29 heavy (non-hydrogen) atoms. The summed E-state index contributed by atoms with van der Waals surface area (Å²) in [5.74, 6) is 0. The van der Waals surface area contributed by atoms with Gasteiger partial charge in [-0.15, -0.1) is 0 Å². The molecule has 1 aliphatic heterocycles. The first-order valence-corrected chi connectivity index (χ1v) is 9.99. The number of aromatic amines is 1. The van der Waals surface area contributed by atoms with Crippen LogP contribution in [-0.4, -0.2) is 50.7 Å². The summed E-state index contributed by atoms with van der Waals surface area (Å²) in [4.78, 5) is 32.0. The van der Waals surface area contributed by atoms with Crippen LogP contribution in [-0.2, 0) is 4.74 Å². The van der Waals surface area contributed by atoms with E-state index in [-0.39, 0.29) is 17.8 Å². The van der Waals surface area contributed by atoms with Crippen molar-refractivity contribution in [2.24, 2.45) is 0 Å². The third-order valence-electron chi connectivity index (χ3n) is 4.83. The zero-order chi connectivity index (χ0) is 21.0. The number of nitro groups is 1. The molecule has 1 amide bonds. The topological polar surface area (TPSA) is 111 Å². The first-order valence-electron chi connectivity index (χ1n) is 9.99. The summed E-state index contributed by atoms with van der Waals surface area (Å²) in [5, 5.41) is 10.9. The first kappa shape index (κ1) is 20.9. The van der Waals surface area contributed by atoms with Crippen LogP contribution in [0.5, 0.6) is 6.01 Å². The molecular formula is C20H28N4O5. The number of hydrogen-bond donors (Lipinski definition) is 1. The van der Waals surface area contributed by atoms with Gasteiger partial charge in [0.15, 0.2) is 0 Å². The lowest BCUT2D eigenvalue weighted by Crippen LogP contribution is -2.46. The molecule has 158 valence electrons. The Bertz CT molecular complexity index is 873. The smallest absolute Gasteiger partial charge is 0.410 e. The monoisotopic (exact) mass is 404 g/mol. The van der Waals surface area contributed by atoms with Crippen molar-refractivity contribution in [3.05, 3.63) is 28.3 Å². The summed E-state index contributed by atoms with van der Waals surface area (Å²) < 4.78 is 11.2. The first-order chi connectivity index (χ1) is 13.7. The van der Waals surface area contributed by atoms with Crippen molar-refractivity contribution in [1.29, 1.82) is 0 Å². The highest BCUT2D eigenvalue weighted by Gasteiger charge is 2.30. The number of likely N-dealkylation sites (tertiary alicyclic amines) is 1. The minimum atomic E-state index is -0.501. The van der Waals surface area contributed by atoms with Crippen molar-refractivity contribution < 1.29 is 19.2 Å².